The Morgan fingerprint density at radius 2 is 2.41 bits per heavy atom. The van der Waals surface area contributed by atoms with Crippen molar-refractivity contribution in [2.24, 2.45) is 5.11 Å². The number of carbonyl (C=O) groups is 1. The summed E-state index contributed by atoms with van der Waals surface area (Å²) >= 11 is 5.78. The maximum absolute atomic E-state index is 12.9. The highest BCUT2D eigenvalue weighted by Gasteiger charge is 2.19. The molecule has 0 spiro atoms. The Morgan fingerprint density at radius 1 is 1.76 bits per heavy atom. The van der Waals surface area contributed by atoms with Crippen LogP contribution in [0.1, 0.15) is 11.4 Å². The lowest BCUT2D eigenvalue weighted by Gasteiger charge is -2.01. The lowest BCUT2D eigenvalue weighted by atomic mass is 10.3. The Kier molecular flexibility index (Phi) is 4.08. The number of halogens is 2. The molecule has 0 saturated carbocycles. The molecule has 0 amide bonds. The summed E-state index contributed by atoms with van der Waals surface area (Å²) in [5, 5.41) is 15.4. The molecule has 7 nitrogen and oxygen atoms in total. The van der Waals surface area contributed by atoms with E-state index in [9.17, 15) is 9.18 Å². The smallest absolute Gasteiger partial charge is 0.325 e. The topological polar surface area (TPSA) is 104 Å². The molecule has 0 aliphatic rings. The highest BCUT2D eigenvalue weighted by atomic mass is 35.5. The Labute approximate surface area is 99.7 Å². The Bertz CT molecular complexity index is 520. The van der Waals surface area contributed by atoms with Gasteiger partial charge < -0.3 is 5.11 Å². The summed E-state index contributed by atoms with van der Waals surface area (Å²) in [7, 11) is 0. The number of hydrogen-bond acceptors (Lipinski definition) is 3. The number of aliphatic carboxylic acids is 1. The van der Waals surface area contributed by atoms with Crippen LogP contribution in [0.5, 0.6) is 0 Å². The minimum atomic E-state index is -1.18. The molecule has 9 heteroatoms. The van der Waals surface area contributed by atoms with E-state index in [2.05, 4.69) is 21.7 Å². The second-order valence-electron chi connectivity index (χ2n) is 2.95. The van der Waals surface area contributed by atoms with Crippen LogP contribution in [0.2, 0.25) is 5.02 Å². The zero-order chi connectivity index (χ0) is 13.0. The summed E-state index contributed by atoms with van der Waals surface area (Å²) in [6.07, 6.45) is 0. The van der Waals surface area contributed by atoms with E-state index < -0.39 is 18.3 Å². The van der Waals surface area contributed by atoms with Crippen molar-refractivity contribution in [1.82, 2.24) is 9.78 Å². The second-order valence-corrected chi connectivity index (χ2v) is 3.33. The fraction of sp³-hybridized carbons (Fsp3) is 0.250. The molecule has 0 saturated heterocycles. The summed E-state index contributed by atoms with van der Waals surface area (Å²) in [5.74, 6) is -2.07. The van der Waals surface area contributed by atoms with Crippen LogP contribution in [0.3, 0.4) is 0 Å². The van der Waals surface area contributed by atoms with Gasteiger partial charge in [-0.05, 0) is 5.53 Å². The second kappa shape index (κ2) is 5.33. The van der Waals surface area contributed by atoms with Crippen LogP contribution in [0.25, 0.3) is 16.3 Å². The molecule has 90 valence electrons. The number of nitrogens with zero attached hydrogens (tertiary/aromatic N) is 5. The van der Waals surface area contributed by atoms with Crippen molar-refractivity contribution in [3.8, 4) is 0 Å². The maximum atomic E-state index is 12.9. The van der Waals surface area contributed by atoms with Gasteiger partial charge in [0.05, 0.1) is 17.3 Å². The Morgan fingerprint density at radius 3 is 2.88 bits per heavy atom. The van der Waals surface area contributed by atoms with Gasteiger partial charge in [-0.1, -0.05) is 23.3 Å². The molecule has 0 atom stereocenters. The van der Waals surface area contributed by atoms with Crippen LogP contribution >= 0.6 is 11.6 Å². The Hall–Kier alpha value is -2.05. The number of rotatable bonds is 5. The minimum Gasteiger partial charge on any atom is -0.480 e. The number of carboxylic acid groups (broad SMARTS) is 1. The van der Waals surface area contributed by atoms with Crippen molar-refractivity contribution in [1.29, 1.82) is 0 Å². The van der Waals surface area contributed by atoms with Crippen LogP contribution in [-0.4, -0.2) is 20.9 Å². The van der Waals surface area contributed by atoms with Gasteiger partial charge >= 0.3 is 5.97 Å². The number of carboxylic acids is 1. The summed E-state index contributed by atoms with van der Waals surface area (Å²) < 4.78 is 13.9. The van der Waals surface area contributed by atoms with Crippen LogP contribution in [0.15, 0.2) is 11.7 Å². The van der Waals surface area contributed by atoms with Crippen molar-refractivity contribution >= 4 is 23.4 Å². The largest absolute Gasteiger partial charge is 0.480 e. The third-order valence-electron chi connectivity index (χ3n) is 1.82. The molecule has 1 aromatic rings. The average Bonchev–Trinajstić information content (AvgIpc) is 2.52. The quantitative estimate of drug-likeness (QED) is 0.498. The molecule has 0 aliphatic carbocycles. The van der Waals surface area contributed by atoms with Crippen molar-refractivity contribution < 1.29 is 14.3 Å². The SMILES string of the molecule is C=C(F)c1nn(CC(=O)O)c(CN=[N+]=[N-])c1Cl. The van der Waals surface area contributed by atoms with E-state index in [1.807, 2.05) is 0 Å². The molecule has 1 aromatic heterocycles. The highest BCUT2D eigenvalue weighted by Crippen LogP contribution is 2.27. The lowest BCUT2D eigenvalue weighted by Crippen LogP contribution is -2.12. The van der Waals surface area contributed by atoms with E-state index in [0.717, 1.165) is 4.68 Å². The predicted octanol–water partition coefficient (Wildman–Crippen LogP) is 2.37. The van der Waals surface area contributed by atoms with Crippen molar-refractivity contribution in [2.75, 3.05) is 0 Å². The first kappa shape index (κ1) is 13.0. The van der Waals surface area contributed by atoms with E-state index >= 15 is 0 Å². The average molecular weight is 260 g/mol. The van der Waals surface area contributed by atoms with Crippen LogP contribution in [-0.2, 0) is 17.9 Å². The van der Waals surface area contributed by atoms with Gasteiger partial charge in [-0.15, -0.1) is 0 Å². The molecule has 1 rings (SSSR count). The monoisotopic (exact) mass is 259 g/mol. The molecular formula is C8H7ClFN5O2. The first-order chi connectivity index (χ1) is 7.97. The molecule has 0 aromatic carbocycles. The van der Waals surface area contributed by atoms with Gasteiger partial charge in [0.2, 0.25) is 0 Å². The zero-order valence-electron chi connectivity index (χ0n) is 8.47. The summed E-state index contributed by atoms with van der Waals surface area (Å²) in [5.41, 5.74) is 8.06. The first-order valence-corrected chi connectivity index (χ1v) is 4.67. The summed E-state index contributed by atoms with van der Waals surface area (Å²) in [6, 6.07) is 0. The van der Waals surface area contributed by atoms with Crippen LogP contribution < -0.4 is 0 Å². The van der Waals surface area contributed by atoms with Crippen molar-refractivity contribution in [3.63, 3.8) is 0 Å². The fourth-order valence-electron chi connectivity index (χ4n) is 1.16. The summed E-state index contributed by atoms with van der Waals surface area (Å²) in [4.78, 5) is 13.1. The van der Waals surface area contributed by atoms with E-state index in [1.54, 1.807) is 0 Å². The third kappa shape index (κ3) is 2.96. The third-order valence-corrected chi connectivity index (χ3v) is 2.22. The van der Waals surface area contributed by atoms with Crippen molar-refractivity contribution in [2.45, 2.75) is 13.1 Å². The normalized spacial score (nSPS) is 9.76. The lowest BCUT2D eigenvalue weighted by molar-refractivity contribution is -0.137. The Balaban J connectivity index is 3.25. The van der Waals surface area contributed by atoms with Gasteiger partial charge in [0, 0.05) is 4.91 Å². The predicted molar refractivity (Wildman–Crippen MR) is 57.9 cm³/mol. The highest BCUT2D eigenvalue weighted by molar-refractivity contribution is 6.32. The molecule has 0 aliphatic heterocycles. The van der Waals surface area contributed by atoms with Gasteiger partial charge in [0.15, 0.2) is 0 Å². The van der Waals surface area contributed by atoms with E-state index in [-0.39, 0.29) is 23.0 Å². The fourth-order valence-corrected chi connectivity index (χ4v) is 1.45. The molecular weight excluding hydrogens is 253 g/mol. The van der Waals surface area contributed by atoms with E-state index in [1.165, 1.54) is 0 Å². The summed E-state index contributed by atoms with van der Waals surface area (Å²) in [6.45, 7) is 2.29. The van der Waals surface area contributed by atoms with E-state index in [4.69, 9.17) is 22.2 Å². The molecule has 17 heavy (non-hydrogen) atoms. The minimum absolute atomic E-state index is 0.105. The molecule has 1 N–H and O–H groups in total. The van der Waals surface area contributed by atoms with Crippen molar-refractivity contribution in [3.05, 3.63) is 33.4 Å². The van der Waals surface area contributed by atoms with Gasteiger partial charge in [-0.3, -0.25) is 9.48 Å². The number of aromatic nitrogens is 2. The first-order valence-electron chi connectivity index (χ1n) is 4.30. The zero-order valence-corrected chi connectivity index (χ0v) is 9.22. The van der Waals surface area contributed by atoms with Crippen LogP contribution in [0.4, 0.5) is 4.39 Å². The van der Waals surface area contributed by atoms with Gasteiger partial charge in [0.25, 0.3) is 0 Å². The molecule has 1 heterocycles. The molecule has 0 fully saturated rings. The number of hydrogen-bond donors (Lipinski definition) is 1. The van der Waals surface area contributed by atoms with Gasteiger partial charge in [-0.2, -0.15) is 5.10 Å². The number of azide groups is 1. The van der Waals surface area contributed by atoms with Gasteiger partial charge in [0.1, 0.15) is 18.1 Å². The maximum Gasteiger partial charge on any atom is 0.325 e. The molecule has 0 bridgehead atoms. The van der Waals surface area contributed by atoms with Crippen LogP contribution in [0, 0.1) is 0 Å². The molecule has 0 unspecified atom stereocenters. The van der Waals surface area contributed by atoms with E-state index in [0.29, 0.717) is 0 Å². The molecule has 0 radical (unpaired) electrons. The standard InChI is InChI=1S/C8H7ClFN5O2/c1-4(10)8-7(9)5(2-12-14-11)15(13-8)3-6(16)17/h1-3H2,(H,16,17). The van der Waals surface area contributed by atoms with Gasteiger partial charge in [-0.25, -0.2) is 4.39 Å².